The fraction of sp³-hybridized carbons (Fsp3) is 0.524. The molecule has 0 amide bonds. The van der Waals surface area contributed by atoms with Crippen molar-refractivity contribution < 1.29 is 19.4 Å². The Morgan fingerprint density at radius 3 is 2.76 bits per heavy atom. The van der Waals surface area contributed by atoms with Gasteiger partial charge >= 0.3 is 5.97 Å². The summed E-state index contributed by atoms with van der Waals surface area (Å²) in [4.78, 5) is 12.0. The Kier molecular flexibility index (Phi) is 4.69. The van der Waals surface area contributed by atoms with E-state index in [1.54, 1.807) is 6.20 Å². The Bertz CT molecular complexity index is 948. The molecule has 2 aromatic heterocycles. The van der Waals surface area contributed by atoms with Gasteiger partial charge in [-0.05, 0) is 37.8 Å². The summed E-state index contributed by atoms with van der Waals surface area (Å²) in [5.41, 5.74) is 3.55. The fourth-order valence-electron chi connectivity index (χ4n) is 4.87. The van der Waals surface area contributed by atoms with Crippen LogP contribution in [0.2, 0.25) is 0 Å². The predicted octanol–water partition coefficient (Wildman–Crippen LogP) is 2.56. The molecule has 2 aromatic rings. The zero-order chi connectivity index (χ0) is 20.8. The number of aliphatic hydroxyl groups excluding tert-OH is 1. The number of hydrogen-bond donors (Lipinski definition) is 2. The lowest BCUT2D eigenvalue weighted by Gasteiger charge is -2.67. The molecule has 8 heteroatoms. The maximum Gasteiger partial charge on any atom is 0.311 e. The van der Waals surface area contributed by atoms with E-state index in [1.807, 2.05) is 19.9 Å². The van der Waals surface area contributed by atoms with Crippen LogP contribution in [0, 0.1) is 5.41 Å². The number of aromatic nitrogens is 4. The molecule has 0 spiro atoms. The number of aliphatic hydroxyl groups is 1. The van der Waals surface area contributed by atoms with E-state index in [1.165, 1.54) is 7.11 Å². The second-order valence-corrected chi connectivity index (χ2v) is 8.21. The Labute approximate surface area is 169 Å². The van der Waals surface area contributed by atoms with Crippen LogP contribution in [0.3, 0.4) is 0 Å². The molecule has 0 aliphatic heterocycles. The number of carbonyl (C=O) groups excluding carboxylic acids is 1. The van der Waals surface area contributed by atoms with Crippen molar-refractivity contribution in [3.8, 4) is 11.3 Å². The van der Waals surface area contributed by atoms with Gasteiger partial charge in [-0.1, -0.05) is 13.5 Å². The fourth-order valence-corrected chi connectivity index (χ4v) is 4.87. The molecule has 2 heterocycles. The summed E-state index contributed by atoms with van der Waals surface area (Å²) in [6.45, 7) is 8.18. The molecule has 3 aliphatic rings. The van der Waals surface area contributed by atoms with Crippen molar-refractivity contribution in [2.45, 2.75) is 44.4 Å². The highest BCUT2D eigenvalue weighted by Gasteiger charge is 2.73. The van der Waals surface area contributed by atoms with Gasteiger partial charge in [0, 0.05) is 23.5 Å². The van der Waals surface area contributed by atoms with Crippen molar-refractivity contribution in [3.63, 3.8) is 0 Å². The van der Waals surface area contributed by atoms with E-state index in [9.17, 15) is 9.90 Å². The molecule has 3 saturated carbocycles. The van der Waals surface area contributed by atoms with Crippen molar-refractivity contribution in [1.82, 2.24) is 20.4 Å². The van der Waals surface area contributed by atoms with Gasteiger partial charge in [-0.2, -0.15) is 10.2 Å². The van der Waals surface area contributed by atoms with E-state index >= 15 is 0 Å². The van der Waals surface area contributed by atoms with Gasteiger partial charge in [0.2, 0.25) is 0 Å². The van der Waals surface area contributed by atoms with Gasteiger partial charge in [-0.15, -0.1) is 5.10 Å². The standard InChI is InChI=1S/C21H26N4O4/c1-5-29-13(3)18-17(12(2)8-26)14(7-22-25-18)15-6-16(24-23-15)20-9-21(10-20,11-20)19(27)28-4/h6-7,12,26H,3,5,8-11H2,1-2,4H3,(H,23,24). The van der Waals surface area contributed by atoms with Crippen LogP contribution < -0.4 is 0 Å². The molecule has 2 bridgehead atoms. The van der Waals surface area contributed by atoms with E-state index < -0.39 is 0 Å². The van der Waals surface area contributed by atoms with Gasteiger partial charge in [0.1, 0.15) is 11.5 Å². The maximum absolute atomic E-state index is 12.0. The van der Waals surface area contributed by atoms with Crippen LogP contribution in [0.1, 0.15) is 56.0 Å². The molecular weight excluding hydrogens is 372 g/mol. The van der Waals surface area contributed by atoms with Crippen LogP contribution >= 0.6 is 0 Å². The quantitative estimate of drug-likeness (QED) is 0.519. The van der Waals surface area contributed by atoms with Gasteiger partial charge in [-0.25, -0.2) is 0 Å². The molecule has 1 unspecified atom stereocenters. The average molecular weight is 398 g/mol. The van der Waals surface area contributed by atoms with Crippen molar-refractivity contribution in [2.24, 2.45) is 5.41 Å². The van der Waals surface area contributed by atoms with Crippen LogP contribution in [0.4, 0.5) is 0 Å². The van der Waals surface area contributed by atoms with Crippen molar-refractivity contribution in [1.29, 1.82) is 0 Å². The summed E-state index contributed by atoms with van der Waals surface area (Å²) in [6, 6.07) is 2.01. The molecule has 29 heavy (non-hydrogen) atoms. The number of nitrogens with zero attached hydrogens (tertiary/aromatic N) is 3. The second-order valence-electron chi connectivity index (χ2n) is 8.21. The molecule has 5 rings (SSSR count). The third-order valence-corrected chi connectivity index (χ3v) is 6.30. The van der Waals surface area contributed by atoms with Crippen LogP contribution in [0.15, 0.2) is 18.8 Å². The maximum atomic E-state index is 12.0. The third kappa shape index (κ3) is 2.85. The number of hydrogen-bond acceptors (Lipinski definition) is 7. The first kappa shape index (κ1) is 19.6. The summed E-state index contributed by atoms with van der Waals surface area (Å²) < 4.78 is 10.5. The van der Waals surface area contributed by atoms with Crippen LogP contribution in [0.5, 0.6) is 0 Å². The van der Waals surface area contributed by atoms with Gasteiger partial charge in [0.15, 0.2) is 0 Å². The Hall–Kier alpha value is -2.74. The highest BCUT2D eigenvalue weighted by atomic mass is 16.5. The van der Waals surface area contributed by atoms with Crippen LogP contribution in [-0.2, 0) is 19.7 Å². The molecule has 154 valence electrons. The highest BCUT2D eigenvalue weighted by Crippen LogP contribution is 2.73. The number of rotatable bonds is 8. The predicted molar refractivity (Wildman–Crippen MR) is 106 cm³/mol. The number of aromatic amines is 1. The summed E-state index contributed by atoms with van der Waals surface area (Å²) in [5.74, 6) is 0.125. The van der Waals surface area contributed by atoms with Crippen LogP contribution in [-0.4, -0.2) is 51.8 Å². The lowest BCUT2D eigenvalue weighted by atomic mass is 9.34. The first-order valence-corrected chi connectivity index (χ1v) is 9.83. The number of nitrogens with one attached hydrogen (secondary N) is 1. The molecular formula is C21H26N4O4. The molecule has 1 atom stereocenters. The van der Waals surface area contributed by atoms with Gasteiger partial charge in [0.05, 0.1) is 36.7 Å². The lowest BCUT2D eigenvalue weighted by molar-refractivity contribution is -0.198. The largest absolute Gasteiger partial charge is 0.492 e. The smallest absolute Gasteiger partial charge is 0.311 e. The number of esters is 1. The minimum absolute atomic E-state index is 0.0440. The van der Waals surface area contributed by atoms with Gasteiger partial charge in [0.25, 0.3) is 0 Å². The first-order chi connectivity index (χ1) is 13.9. The Balaban J connectivity index is 1.66. The normalized spacial score (nSPS) is 25.5. The SMILES string of the molecule is C=C(OCC)c1nncc(-c2cc(C34CC(C(=O)OC)(C3)C4)n[nH]2)c1C(C)CO. The highest BCUT2D eigenvalue weighted by molar-refractivity contribution is 5.82. The molecule has 0 saturated heterocycles. The first-order valence-electron chi connectivity index (χ1n) is 9.83. The molecule has 0 aromatic carbocycles. The lowest BCUT2D eigenvalue weighted by Crippen LogP contribution is -2.68. The van der Waals surface area contributed by atoms with Gasteiger partial charge < -0.3 is 14.6 Å². The summed E-state index contributed by atoms with van der Waals surface area (Å²) >= 11 is 0. The van der Waals surface area contributed by atoms with E-state index in [4.69, 9.17) is 9.47 Å². The number of carbonyl (C=O) groups is 1. The van der Waals surface area contributed by atoms with E-state index in [0.717, 1.165) is 41.8 Å². The van der Waals surface area contributed by atoms with Crippen LogP contribution in [0.25, 0.3) is 17.0 Å². The van der Waals surface area contributed by atoms with E-state index in [0.29, 0.717) is 18.1 Å². The second kappa shape index (κ2) is 6.95. The Morgan fingerprint density at radius 2 is 2.14 bits per heavy atom. The summed E-state index contributed by atoms with van der Waals surface area (Å²) in [6.07, 6.45) is 3.99. The number of ether oxygens (including phenoxy) is 2. The van der Waals surface area contributed by atoms with Crippen molar-refractivity contribution >= 4 is 11.7 Å². The minimum atomic E-state index is -0.314. The number of H-pyrrole nitrogens is 1. The van der Waals surface area contributed by atoms with E-state index in [-0.39, 0.29) is 29.3 Å². The monoisotopic (exact) mass is 398 g/mol. The number of methoxy groups -OCH3 is 1. The van der Waals surface area contributed by atoms with Crippen molar-refractivity contribution in [3.05, 3.63) is 35.8 Å². The zero-order valence-corrected chi connectivity index (χ0v) is 17.0. The molecule has 8 nitrogen and oxygen atoms in total. The van der Waals surface area contributed by atoms with E-state index in [2.05, 4.69) is 27.0 Å². The summed E-state index contributed by atoms with van der Waals surface area (Å²) in [7, 11) is 1.44. The average Bonchev–Trinajstić information content (AvgIpc) is 3.14. The molecule has 0 radical (unpaired) electrons. The third-order valence-electron chi connectivity index (χ3n) is 6.30. The minimum Gasteiger partial charge on any atom is -0.492 e. The van der Waals surface area contributed by atoms with Gasteiger partial charge in [-0.3, -0.25) is 9.89 Å². The molecule has 3 aliphatic carbocycles. The molecule has 3 fully saturated rings. The van der Waals surface area contributed by atoms with Crippen molar-refractivity contribution in [2.75, 3.05) is 20.3 Å². The topological polar surface area (TPSA) is 110 Å². The zero-order valence-electron chi connectivity index (χ0n) is 17.0. The Morgan fingerprint density at radius 1 is 1.41 bits per heavy atom. The molecule has 2 N–H and O–H groups in total. The summed E-state index contributed by atoms with van der Waals surface area (Å²) in [5, 5.41) is 25.8.